The van der Waals surface area contributed by atoms with Gasteiger partial charge in [-0.2, -0.15) is 5.10 Å². The number of aromatic nitrogens is 3. The van der Waals surface area contributed by atoms with E-state index in [1.165, 1.54) is 0 Å². The predicted octanol–water partition coefficient (Wildman–Crippen LogP) is 4.30. The van der Waals surface area contributed by atoms with Crippen molar-refractivity contribution in [3.63, 3.8) is 0 Å². The zero-order valence-corrected chi connectivity index (χ0v) is 13.3. The van der Waals surface area contributed by atoms with Crippen LogP contribution in [0.4, 0.5) is 5.69 Å². The quantitative estimate of drug-likeness (QED) is 0.703. The highest BCUT2D eigenvalue weighted by molar-refractivity contribution is 9.10. The number of nitrogens with one attached hydrogen (secondary N) is 1. The van der Waals surface area contributed by atoms with Gasteiger partial charge in [-0.1, -0.05) is 29.8 Å². The van der Waals surface area contributed by atoms with E-state index in [1.807, 2.05) is 53.5 Å². The van der Waals surface area contributed by atoms with Crippen molar-refractivity contribution in [3.8, 4) is 5.69 Å². The second kappa shape index (κ2) is 6.28. The SMILES string of the molecule is Clc1ncc(Br)cc1NCc1cnn(-c2ccccc2)c1. The Hall–Kier alpha value is -1.85. The minimum absolute atomic E-state index is 0.452. The van der Waals surface area contributed by atoms with Crippen LogP contribution in [0, 0.1) is 0 Å². The highest BCUT2D eigenvalue weighted by atomic mass is 79.9. The van der Waals surface area contributed by atoms with Crippen molar-refractivity contribution in [2.24, 2.45) is 0 Å². The highest BCUT2D eigenvalue weighted by Gasteiger charge is 2.04. The molecule has 0 fully saturated rings. The number of hydrogen-bond acceptors (Lipinski definition) is 3. The van der Waals surface area contributed by atoms with E-state index in [4.69, 9.17) is 11.6 Å². The lowest BCUT2D eigenvalue weighted by Crippen LogP contribution is -2.00. The van der Waals surface area contributed by atoms with Crippen molar-refractivity contribution in [3.05, 3.63) is 70.2 Å². The van der Waals surface area contributed by atoms with Crippen LogP contribution in [0.15, 0.2) is 59.5 Å². The average molecular weight is 364 g/mol. The molecule has 2 aromatic heterocycles. The molecule has 21 heavy (non-hydrogen) atoms. The molecule has 0 spiro atoms. The molecule has 0 saturated heterocycles. The molecule has 0 saturated carbocycles. The molecular weight excluding hydrogens is 352 g/mol. The van der Waals surface area contributed by atoms with Gasteiger partial charge in [-0.05, 0) is 34.1 Å². The summed E-state index contributed by atoms with van der Waals surface area (Å²) < 4.78 is 2.73. The first-order valence-corrected chi connectivity index (χ1v) is 7.53. The fourth-order valence-corrected chi connectivity index (χ4v) is 2.42. The topological polar surface area (TPSA) is 42.7 Å². The van der Waals surface area contributed by atoms with Crippen molar-refractivity contribution < 1.29 is 0 Å². The van der Waals surface area contributed by atoms with Gasteiger partial charge >= 0.3 is 0 Å². The van der Waals surface area contributed by atoms with Crippen LogP contribution in [0.5, 0.6) is 0 Å². The monoisotopic (exact) mass is 362 g/mol. The van der Waals surface area contributed by atoms with Crippen LogP contribution in [0.2, 0.25) is 5.15 Å². The number of hydrogen-bond donors (Lipinski definition) is 1. The van der Waals surface area contributed by atoms with Crippen LogP contribution in [0.25, 0.3) is 5.69 Å². The Morgan fingerprint density at radius 2 is 2.00 bits per heavy atom. The largest absolute Gasteiger partial charge is 0.378 e. The van der Waals surface area contributed by atoms with Crippen LogP contribution < -0.4 is 5.32 Å². The standard InChI is InChI=1S/C15H12BrClN4/c16-12-6-14(15(17)19-9-12)18-7-11-8-20-21(10-11)13-4-2-1-3-5-13/h1-6,8-10,18H,7H2. The summed E-state index contributed by atoms with van der Waals surface area (Å²) in [6, 6.07) is 11.9. The number of rotatable bonds is 4. The number of benzene rings is 1. The van der Waals surface area contributed by atoms with E-state index >= 15 is 0 Å². The zero-order chi connectivity index (χ0) is 14.7. The fourth-order valence-electron chi connectivity index (χ4n) is 1.92. The lowest BCUT2D eigenvalue weighted by molar-refractivity contribution is 0.880. The number of pyridine rings is 1. The first-order chi connectivity index (χ1) is 10.2. The highest BCUT2D eigenvalue weighted by Crippen LogP contribution is 2.23. The van der Waals surface area contributed by atoms with Crippen molar-refractivity contribution in [2.45, 2.75) is 6.54 Å². The van der Waals surface area contributed by atoms with E-state index in [0.717, 1.165) is 21.4 Å². The Morgan fingerprint density at radius 1 is 1.19 bits per heavy atom. The number of anilines is 1. The van der Waals surface area contributed by atoms with Gasteiger partial charge in [0.25, 0.3) is 0 Å². The Kier molecular flexibility index (Phi) is 4.22. The van der Waals surface area contributed by atoms with Crippen molar-refractivity contribution >= 4 is 33.2 Å². The number of halogens is 2. The first-order valence-electron chi connectivity index (χ1n) is 6.36. The van der Waals surface area contributed by atoms with E-state index in [0.29, 0.717) is 11.7 Å². The van der Waals surface area contributed by atoms with Gasteiger partial charge in [0.1, 0.15) is 0 Å². The van der Waals surface area contributed by atoms with Gasteiger partial charge in [0, 0.05) is 29.0 Å². The fraction of sp³-hybridized carbons (Fsp3) is 0.0667. The molecule has 3 rings (SSSR count). The summed E-state index contributed by atoms with van der Waals surface area (Å²) >= 11 is 9.43. The van der Waals surface area contributed by atoms with Gasteiger partial charge in [-0.3, -0.25) is 0 Å². The van der Waals surface area contributed by atoms with Gasteiger partial charge in [0.2, 0.25) is 0 Å². The van der Waals surface area contributed by atoms with Crippen molar-refractivity contribution in [1.29, 1.82) is 0 Å². The minimum Gasteiger partial charge on any atom is -0.378 e. The third kappa shape index (κ3) is 3.43. The third-order valence-electron chi connectivity index (χ3n) is 2.95. The van der Waals surface area contributed by atoms with Gasteiger partial charge in [-0.25, -0.2) is 9.67 Å². The normalized spacial score (nSPS) is 10.6. The average Bonchev–Trinajstić information content (AvgIpc) is 2.98. The molecule has 0 unspecified atom stereocenters. The van der Waals surface area contributed by atoms with Gasteiger partial charge in [-0.15, -0.1) is 0 Å². The molecule has 0 atom stereocenters. The summed E-state index contributed by atoms with van der Waals surface area (Å²) in [6.07, 6.45) is 5.49. The molecule has 2 heterocycles. The van der Waals surface area contributed by atoms with Gasteiger partial charge in [0.05, 0.1) is 17.6 Å². The molecular formula is C15H12BrClN4. The lowest BCUT2D eigenvalue weighted by Gasteiger charge is -2.06. The molecule has 1 aromatic carbocycles. The first kappa shape index (κ1) is 14.1. The lowest BCUT2D eigenvalue weighted by atomic mass is 10.3. The minimum atomic E-state index is 0.452. The van der Waals surface area contributed by atoms with Crippen LogP contribution in [0.3, 0.4) is 0 Å². The third-order valence-corrected chi connectivity index (χ3v) is 3.68. The molecule has 3 aromatic rings. The van der Waals surface area contributed by atoms with Gasteiger partial charge in [0.15, 0.2) is 5.15 Å². The molecule has 0 aliphatic carbocycles. The summed E-state index contributed by atoms with van der Waals surface area (Å²) in [7, 11) is 0. The molecule has 106 valence electrons. The summed E-state index contributed by atoms with van der Waals surface area (Å²) in [4.78, 5) is 4.08. The second-order valence-corrected chi connectivity index (χ2v) is 5.75. The van der Waals surface area contributed by atoms with Crippen molar-refractivity contribution in [2.75, 3.05) is 5.32 Å². The summed E-state index contributed by atoms with van der Waals surface area (Å²) in [6.45, 7) is 0.630. The molecule has 6 heteroatoms. The van der Waals surface area contributed by atoms with E-state index in [9.17, 15) is 0 Å². The second-order valence-electron chi connectivity index (χ2n) is 4.47. The number of para-hydroxylation sites is 1. The van der Waals surface area contributed by atoms with E-state index in [2.05, 4.69) is 31.3 Å². The Labute approximate surface area is 135 Å². The van der Waals surface area contributed by atoms with Crippen LogP contribution >= 0.6 is 27.5 Å². The maximum Gasteiger partial charge on any atom is 0.152 e. The van der Waals surface area contributed by atoms with Crippen LogP contribution in [-0.4, -0.2) is 14.8 Å². The maximum absolute atomic E-state index is 6.05. The van der Waals surface area contributed by atoms with Crippen LogP contribution in [-0.2, 0) is 6.54 Å². The molecule has 0 radical (unpaired) electrons. The Morgan fingerprint density at radius 3 is 2.81 bits per heavy atom. The smallest absolute Gasteiger partial charge is 0.152 e. The molecule has 4 nitrogen and oxygen atoms in total. The molecule has 0 bridgehead atoms. The van der Waals surface area contributed by atoms with Crippen LogP contribution in [0.1, 0.15) is 5.56 Å². The summed E-state index contributed by atoms with van der Waals surface area (Å²) in [5, 5.41) is 8.07. The van der Waals surface area contributed by atoms with E-state index < -0.39 is 0 Å². The summed E-state index contributed by atoms with van der Waals surface area (Å²) in [5.74, 6) is 0. The predicted molar refractivity (Wildman–Crippen MR) is 87.8 cm³/mol. The van der Waals surface area contributed by atoms with E-state index in [-0.39, 0.29) is 0 Å². The molecule has 0 aliphatic rings. The Balaban J connectivity index is 1.72. The van der Waals surface area contributed by atoms with E-state index in [1.54, 1.807) is 6.20 Å². The molecule has 0 amide bonds. The summed E-state index contributed by atoms with van der Waals surface area (Å²) in [5.41, 5.74) is 2.89. The number of nitrogens with zero attached hydrogens (tertiary/aromatic N) is 3. The van der Waals surface area contributed by atoms with Gasteiger partial charge < -0.3 is 5.32 Å². The maximum atomic E-state index is 6.05. The zero-order valence-electron chi connectivity index (χ0n) is 11.0. The van der Waals surface area contributed by atoms with Crippen molar-refractivity contribution in [1.82, 2.24) is 14.8 Å². The Bertz CT molecular complexity index is 742. The molecule has 1 N–H and O–H groups in total. The molecule has 0 aliphatic heterocycles.